The van der Waals surface area contributed by atoms with Gasteiger partial charge in [0.25, 0.3) is 16.0 Å². The van der Waals surface area contributed by atoms with Crippen molar-refractivity contribution < 1.29 is 17.8 Å². The second kappa shape index (κ2) is 8.31. The minimum atomic E-state index is -4.44. The Labute approximate surface area is 205 Å². The molecule has 34 heavy (non-hydrogen) atoms. The van der Waals surface area contributed by atoms with Crippen LogP contribution in [-0.4, -0.2) is 40.6 Å². The van der Waals surface area contributed by atoms with Gasteiger partial charge < -0.3 is 0 Å². The van der Waals surface area contributed by atoms with E-state index in [2.05, 4.69) is 4.98 Å². The number of carbonyl (C=O) groups excluding carboxylic acids is 1. The van der Waals surface area contributed by atoms with Crippen LogP contribution in [-0.2, 0) is 14.9 Å². The van der Waals surface area contributed by atoms with E-state index in [-0.39, 0.29) is 10.8 Å². The van der Waals surface area contributed by atoms with Gasteiger partial charge >= 0.3 is 0 Å². The molecule has 0 unspecified atom stereocenters. The van der Waals surface area contributed by atoms with Gasteiger partial charge in [-0.1, -0.05) is 47.8 Å². The number of nitrogens with zero attached hydrogens (tertiary/aromatic N) is 4. The molecule has 2 atom stereocenters. The Kier molecular flexibility index (Phi) is 5.56. The minimum Gasteiger partial charge on any atom is -0.282 e. The first-order valence-corrected chi connectivity index (χ1v) is 13.0. The highest BCUT2D eigenvalue weighted by Crippen LogP contribution is 2.51. The molecule has 2 aromatic carbocycles. The number of carbonyl (C=O) groups is 1. The maximum Gasteiger partial charge on any atom is 0.294 e. The molecule has 1 fully saturated rings. The van der Waals surface area contributed by atoms with Gasteiger partial charge in [0.2, 0.25) is 0 Å². The van der Waals surface area contributed by atoms with E-state index in [0.717, 1.165) is 10.2 Å². The number of benzene rings is 2. The molecule has 1 N–H and O–H groups in total. The molecule has 3 aromatic rings. The summed E-state index contributed by atoms with van der Waals surface area (Å²) in [5.74, 6) is -0.314. The van der Waals surface area contributed by atoms with Gasteiger partial charge in [-0.25, -0.2) is 9.99 Å². The first-order chi connectivity index (χ1) is 16.3. The predicted molar refractivity (Wildman–Crippen MR) is 134 cm³/mol. The number of β-lactam (4-membered cyclic amide) rings is 1. The molecule has 1 amide bonds. The molecule has 5 rings (SSSR count). The maximum absolute atomic E-state index is 13.1. The van der Waals surface area contributed by atoms with Gasteiger partial charge in [-0.15, -0.1) is 11.6 Å². The van der Waals surface area contributed by atoms with E-state index in [9.17, 15) is 17.8 Å². The van der Waals surface area contributed by atoms with Gasteiger partial charge in [0, 0.05) is 6.42 Å². The first-order valence-electron chi connectivity index (χ1n) is 10.3. The number of allylic oxidation sites excluding steroid dienone is 4. The normalized spacial score (nSPS) is 23.0. The summed E-state index contributed by atoms with van der Waals surface area (Å²) in [6.45, 7) is 1.89. The average molecular weight is 515 g/mol. The van der Waals surface area contributed by atoms with Gasteiger partial charge in [-0.3, -0.25) is 14.2 Å². The number of hydrogen-bond acceptors (Lipinski definition) is 7. The van der Waals surface area contributed by atoms with Crippen molar-refractivity contribution in [1.29, 1.82) is 0 Å². The van der Waals surface area contributed by atoms with E-state index in [0.29, 0.717) is 23.0 Å². The van der Waals surface area contributed by atoms with E-state index in [1.165, 1.54) is 34.4 Å². The number of anilines is 2. The standard InChI is InChI=1S/C23H19ClN4O4S2/c1-2-3-4-8-15-14-23(28(26-15)16-9-7-10-17(13-16)34(30,31)32)20(24)21(29)27(23)22-25-18-11-5-6-12-19(18)33-22/h2-13,20H,14H2,1H3,(H,30,31,32)/b3-2+,8-4+/t20-,23-/m1/s1. The van der Waals surface area contributed by atoms with Crippen molar-refractivity contribution in [3.63, 3.8) is 0 Å². The number of thiazole rings is 1. The van der Waals surface area contributed by atoms with Crippen LogP contribution >= 0.6 is 22.9 Å². The quantitative estimate of drug-likeness (QED) is 0.231. The topological polar surface area (TPSA) is 103 Å². The highest BCUT2D eigenvalue weighted by Gasteiger charge is 2.67. The van der Waals surface area contributed by atoms with Crippen LogP contribution in [0.2, 0.25) is 0 Å². The zero-order valence-corrected chi connectivity index (χ0v) is 20.3. The zero-order chi connectivity index (χ0) is 24.1. The van der Waals surface area contributed by atoms with Crippen molar-refractivity contribution in [2.24, 2.45) is 5.10 Å². The number of rotatable bonds is 5. The molecule has 1 spiro atoms. The third-order valence-electron chi connectivity index (χ3n) is 5.69. The highest BCUT2D eigenvalue weighted by atomic mass is 35.5. The van der Waals surface area contributed by atoms with Crippen LogP contribution in [0, 0.1) is 0 Å². The molecule has 3 heterocycles. The van der Waals surface area contributed by atoms with Crippen LogP contribution in [0.3, 0.4) is 0 Å². The van der Waals surface area contributed by atoms with E-state index in [1.807, 2.05) is 55.5 Å². The zero-order valence-electron chi connectivity index (χ0n) is 17.9. The van der Waals surface area contributed by atoms with Gasteiger partial charge in [-0.2, -0.15) is 13.5 Å². The number of alkyl halides is 1. The lowest BCUT2D eigenvalue weighted by Crippen LogP contribution is -2.78. The monoisotopic (exact) mass is 514 g/mol. The number of halogens is 1. The van der Waals surface area contributed by atoms with Crippen LogP contribution < -0.4 is 9.91 Å². The Bertz CT molecular complexity index is 1460. The average Bonchev–Trinajstić information content (AvgIpc) is 3.41. The minimum absolute atomic E-state index is 0.281. The van der Waals surface area contributed by atoms with Crippen molar-refractivity contribution in [3.05, 3.63) is 72.8 Å². The van der Waals surface area contributed by atoms with Gasteiger partial charge in [0.1, 0.15) is 0 Å². The fourth-order valence-corrected chi connectivity index (χ4v) is 6.08. The second-order valence-electron chi connectivity index (χ2n) is 7.82. The molecule has 174 valence electrons. The summed E-state index contributed by atoms with van der Waals surface area (Å²) >= 11 is 8.04. The van der Waals surface area contributed by atoms with Crippen LogP contribution in [0.15, 0.2) is 82.8 Å². The number of aromatic nitrogens is 1. The van der Waals surface area contributed by atoms with Crippen molar-refractivity contribution in [1.82, 2.24) is 4.98 Å². The number of amides is 1. The van der Waals surface area contributed by atoms with E-state index in [4.69, 9.17) is 16.7 Å². The molecule has 8 nitrogen and oxygen atoms in total. The highest BCUT2D eigenvalue weighted by molar-refractivity contribution is 7.85. The second-order valence-corrected chi connectivity index (χ2v) is 10.7. The molecule has 11 heteroatoms. The smallest absolute Gasteiger partial charge is 0.282 e. The third-order valence-corrected chi connectivity index (χ3v) is 8.10. The number of hydrogen-bond donors (Lipinski definition) is 1. The summed E-state index contributed by atoms with van der Waals surface area (Å²) in [5.41, 5.74) is 0.656. The Morgan fingerprint density at radius 2 is 2.00 bits per heavy atom. The van der Waals surface area contributed by atoms with Crippen molar-refractivity contribution in [2.75, 3.05) is 9.91 Å². The Morgan fingerprint density at radius 1 is 1.21 bits per heavy atom. The van der Waals surface area contributed by atoms with E-state index < -0.39 is 21.2 Å². The lowest BCUT2D eigenvalue weighted by atomic mass is 9.87. The van der Waals surface area contributed by atoms with Gasteiger partial charge in [-0.05, 0) is 43.3 Å². The summed E-state index contributed by atoms with van der Waals surface area (Å²) in [6.07, 6.45) is 7.67. The Balaban J connectivity index is 1.65. The summed E-state index contributed by atoms with van der Waals surface area (Å²) in [6, 6.07) is 13.3. The maximum atomic E-state index is 13.1. The molecular weight excluding hydrogens is 496 g/mol. The summed E-state index contributed by atoms with van der Waals surface area (Å²) in [4.78, 5) is 19.0. The largest absolute Gasteiger partial charge is 0.294 e. The molecular formula is C23H19ClN4O4S2. The van der Waals surface area contributed by atoms with Crippen molar-refractivity contribution in [2.45, 2.75) is 29.3 Å². The fourth-order valence-electron chi connectivity index (χ4n) is 4.15. The Hall–Kier alpha value is -3.05. The number of hydrazone groups is 1. The molecule has 2 aliphatic heterocycles. The van der Waals surface area contributed by atoms with Crippen LogP contribution in [0.4, 0.5) is 10.8 Å². The molecule has 0 aliphatic carbocycles. The van der Waals surface area contributed by atoms with Crippen LogP contribution in [0.25, 0.3) is 10.2 Å². The summed E-state index contributed by atoms with van der Waals surface area (Å²) in [5, 5.41) is 5.78. The SMILES string of the molecule is C/C=C/C=C/C1=NN(c2cccc(S(=O)(=O)O)c2)[C@]2(C1)[C@H](Cl)C(=O)N2c1nc2ccccc2s1. The molecule has 2 aliphatic rings. The lowest BCUT2D eigenvalue weighted by molar-refractivity contribution is -0.126. The molecule has 0 radical (unpaired) electrons. The molecule has 1 aromatic heterocycles. The predicted octanol–water partition coefficient (Wildman–Crippen LogP) is 4.59. The van der Waals surface area contributed by atoms with Gasteiger partial charge in [0.15, 0.2) is 16.2 Å². The van der Waals surface area contributed by atoms with Gasteiger partial charge in [0.05, 0.1) is 26.5 Å². The molecule has 1 saturated heterocycles. The molecule has 0 bridgehead atoms. The molecule has 0 saturated carbocycles. The van der Waals surface area contributed by atoms with Crippen LogP contribution in [0.5, 0.6) is 0 Å². The lowest BCUT2D eigenvalue weighted by Gasteiger charge is -2.55. The van der Waals surface area contributed by atoms with E-state index >= 15 is 0 Å². The number of fused-ring (bicyclic) bond motifs is 1. The Morgan fingerprint density at radius 3 is 2.74 bits per heavy atom. The summed E-state index contributed by atoms with van der Waals surface area (Å²) in [7, 11) is -4.44. The number of para-hydroxylation sites is 1. The van der Waals surface area contributed by atoms with Crippen LogP contribution in [0.1, 0.15) is 13.3 Å². The third kappa shape index (κ3) is 3.54. The summed E-state index contributed by atoms with van der Waals surface area (Å²) < 4.78 is 34.0. The first kappa shape index (κ1) is 22.7. The van der Waals surface area contributed by atoms with Crippen molar-refractivity contribution in [3.8, 4) is 0 Å². The van der Waals surface area contributed by atoms with E-state index in [1.54, 1.807) is 11.1 Å². The van der Waals surface area contributed by atoms with Crippen molar-refractivity contribution >= 4 is 65.7 Å². The fraction of sp³-hybridized carbons (Fsp3) is 0.174.